The topological polar surface area (TPSA) is 51.9 Å². The number of nitrogens with zero attached hydrogens (tertiary/aromatic N) is 1. The molecule has 1 saturated heterocycles. The number of methoxy groups -OCH3 is 2. The highest BCUT2D eigenvalue weighted by molar-refractivity contribution is 5.77. The molecule has 2 aromatic rings. The number of carbonyl (C=O) groups excluding carboxylic acids is 1. The Morgan fingerprint density at radius 3 is 2.84 bits per heavy atom. The molecule has 0 spiro atoms. The van der Waals surface area contributed by atoms with E-state index in [2.05, 4.69) is 0 Å². The summed E-state index contributed by atoms with van der Waals surface area (Å²) in [7, 11) is 3.28. The van der Waals surface area contributed by atoms with Crippen LogP contribution in [-0.4, -0.2) is 31.6 Å². The lowest BCUT2D eigenvalue weighted by molar-refractivity contribution is -0.135. The maximum Gasteiger partial charge on any atom is 0.223 e. The number of rotatable bonds is 6. The Hall–Kier alpha value is -2.43. The number of carbonyl (C=O) groups is 1. The van der Waals surface area contributed by atoms with E-state index in [4.69, 9.17) is 13.9 Å². The molecule has 0 aliphatic carbocycles. The van der Waals surface area contributed by atoms with Crippen LogP contribution in [0.3, 0.4) is 0 Å². The van der Waals surface area contributed by atoms with Crippen LogP contribution in [0.15, 0.2) is 41.0 Å². The van der Waals surface area contributed by atoms with E-state index in [1.165, 1.54) is 0 Å². The van der Waals surface area contributed by atoms with E-state index in [-0.39, 0.29) is 11.9 Å². The largest absolute Gasteiger partial charge is 0.497 e. The van der Waals surface area contributed by atoms with Gasteiger partial charge in [-0.05, 0) is 61.6 Å². The van der Waals surface area contributed by atoms with Crippen molar-refractivity contribution in [1.29, 1.82) is 0 Å². The standard InChI is InChI=1S/C20H25NO4/c1-23-16-9-10-18(24-2)15(14-16)8-11-20(22)21-12-4-3-6-17(21)19-7-5-13-25-19/h5,7,9-10,13-14,17H,3-4,6,8,11-12H2,1-2H3/t17-/m0/s1. The van der Waals surface area contributed by atoms with Crippen LogP contribution in [0.4, 0.5) is 0 Å². The van der Waals surface area contributed by atoms with Gasteiger partial charge in [-0.1, -0.05) is 0 Å². The average molecular weight is 343 g/mol. The van der Waals surface area contributed by atoms with E-state index >= 15 is 0 Å². The van der Waals surface area contributed by atoms with Gasteiger partial charge in [0.05, 0.1) is 26.5 Å². The molecule has 0 unspecified atom stereocenters. The highest BCUT2D eigenvalue weighted by Crippen LogP contribution is 2.32. The molecule has 1 amide bonds. The van der Waals surface area contributed by atoms with Crippen LogP contribution in [0.5, 0.6) is 11.5 Å². The Morgan fingerprint density at radius 1 is 1.24 bits per heavy atom. The molecule has 1 atom stereocenters. The van der Waals surface area contributed by atoms with Crippen LogP contribution in [0.25, 0.3) is 0 Å². The minimum atomic E-state index is 0.0588. The SMILES string of the molecule is COc1ccc(OC)c(CCC(=O)N2CCCC[C@H]2c2ccco2)c1. The van der Waals surface area contributed by atoms with E-state index in [1.54, 1.807) is 20.5 Å². The molecule has 0 radical (unpaired) electrons. The third-order valence-corrected chi connectivity index (χ3v) is 4.79. The van der Waals surface area contributed by atoms with Crippen molar-refractivity contribution in [2.24, 2.45) is 0 Å². The Bertz CT molecular complexity index is 696. The predicted octanol–water partition coefficient (Wildman–Crippen LogP) is 3.98. The third kappa shape index (κ3) is 3.98. The van der Waals surface area contributed by atoms with Crippen molar-refractivity contribution in [1.82, 2.24) is 4.90 Å². The van der Waals surface area contributed by atoms with Crippen molar-refractivity contribution in [3.63, 3.8) is 0 Å². The minimum Gasteiger partial charge on any atom is -0.497 e. The lowest BCUT2D eigenvalue weighted by Gasteiger charge is -2.34. The highest BCUT2D eigenvalue weighted by atomic mass is 16.5. The number of piperidine rings is 1. The fraction of sp³-hybridized carbons (Fsp3) is 0.450. The van der Waals surface area contributed by atoms with Gasteiger partial charge < -0.3 is 18.8 Å². The number of hydrogen-bond donors (Lipinski definition) is 0. The second-order valence-corrected chi connectivity index (χ2v) is 6.29. The summed E-state index contributed by atoms with van der Waals surface area (Å²) >= 11 is 0. The molecule has 25 heavy (non-hydrogen) atoms. The van der Waals surface area contributed by atoms with Crippen LogP contribution in [0, 0.1) is 0 Å². The summed E-state index contributed by atoms with van der Waals surface area (Å²) in [6.45, 7) is 0.791. The second kappa shape index (κ2) is 8.10. The summed E-state index contributed by atoms with van der Waals surface area (Å²) in [5.41, 5.74) is 0.988. The number of benzene rings is 1. The van der Waals surface area contributed by atoms with Gasteiger partial charge in [-0.3, -0.25) is 4.79 Å². The van der Waals surface area contributed by atoms with Crippen LogP contribution in [0.1, 0.15) is 43.0 Å². The van der Waals surface area contributed by atoms with E-state index < -0.39 is 0 Å². The lowest BCUT2D eigenvalue weighted by Crippen LogP contribution is -2.38. The molecule has 134 valence electrons. The molecule has 1 aromatic heterocycles. The normalized spacial score (nSPS) is 17.4. The first-order chi connectivity index (χ1) is 12.2. The Kier molecular flexibility index (Phi) is 5.64. The second-order valence-electron chi connectivity index (χ2n) is 6.29. The Morgan fingerprint density at radius 2 is 2.12 bits per heavy atom. The van der Waals surface area contributed by atoms with Crippen LogP contribution < -0.4 is 9.47 Å². The maximum absolute atomic E-state index is 12.8. The zero-order chi connectivity index (χ0) is 17.6. The quantitative estimate of drug-likeness (QED) is 0.796. The maximum atomic E-state index is 12.8. The molecule has 0 bridgehead atoms. The summed E-state index contributed by atoms with van der Waals surface area (Å²) in [4.78, 5) is 14.8. The monoisotopic (exact) mass is 343 g/mol. The molecule has 1 aliphatic heterocycles. The summed E-state index contributed by atoms with van der Waals surface area (Å²) in [5.74, 6) is 2.60. The number of ether oxygens (including phenoxy) is 2. The summed E-state index contributed by atoms with van der Waals surface area (Å²) < 4.78 is 16.2. The van der Waals surface area contributed by atoms with Crippen molar-refractivity contribution < 1.29 is 18.7 Å². The van der Waals surface area contributed by atoms with Crippen molar-refractivity contribution in [3.05, 3.63) is 47.9 Å². The predicted molar refractivity (Wildman–Crippen MR) is 94.9 cm³/mol. The molecule has 1 aromatic carbocycles. The Labute approximate surface area is 148 Å². The summed E-state index contributed by atoms with van der Waals surface area (Å²) in [6.07, 6.45) is 5.88. The molecular formula is C20H25NO4. The van der Waals surface area contributed by atoms with Gasteiger partial charge in [-0.25, -0.2) is 0 Å². The highest BCUT2D eigenvalue weighted by Gasteiger charge is 2.29. The molecule has 2 heterocycles. The molecular weight excluding hydrogens is 318 g/mol. The van der Waals surface area contributed by atoms with Gasteiger partial charge in [0.1, 0.15) is 17.3 Å². The molecule has 5 nitrogen and oxygen atoms in total. The van der Waals surface area contributed by atoms with Crippen LogP contribution >= 0.6 is 0 Å². The first kappa shape index (κ1) is 17.4. The van der Waals surface area contributed by atoms with Crippen LogP contribution in [-0.2, 0) is 11.2 Å². The minimum absolute atomic E-state index is 0.0588. The molecule has 5 heteroatoms. The average Bonchev–Trinajstić information content (AvgIpc) is 3.20. The number of amides is 1. The van der Waals surface area contributed by atoms with Gasteiger partial charge >= 0.3 is 0 Å². The molecule has 0 saturated carbocycles. The van der Waals surface area contributed by atoms with Gasteiger partial charge in [0, 0.05) is 13.0 Å². The number of aryl methyl sites for hydroxylation is 1. The number of likely N-dealkylation sites (tertiary alicyclic amines) is 1. The van der Waals surface area contributed by atoms with Gasteiger partial charge in [0.2, 0.25) is 5.91 Å². The van der Waals surface area contributed by atoms with Crippen molar-refractivity contribution in [2.75, 3.05) is 20.8 Å². The van der Waals surface area contributed by atoms with Gasteiger partial charge in [-0.15, -0.1) is 0 Å². The van der Waals surface area contributed by atoms with E-state index in [0.29, 0.717) is 12.8 Å². The van der Waals surface area contributed by atoms with E-state index in [1.807, 2.05) is 35.2 Å². The summed E-state index contributed by atoms with van der Waals surface area (Å²) in [6, 6.07) is 9.58. The number of furan rings is 1. The van der Waals surface area contributed by atoms with Crippen molar-refractivity contribution in [3.8, 4) is 11.5 Å². The van der Waals surface area contributed by atoms with Crippen molar-refractivity contribution >= 4 is 5.91 Å². The zero-order valence-electron chi connectivity index (χ0n) is 14.9. The van der Waals surface area contributed by atoms with Crippen molar-refractivity contribution in [2.45, 2.75) is 38.1 Å². The smallest absolute Gasteiger partial charge is 0.223 e. The van der Waals surface area contributed by atoms with Crippen LogP contribution in [0.2, 0.25) is 0 Å². The molecule has 1 aliphatic rings. The van der Waals surface area contributed by atoms with Gasteiger partial charge in [-0.2, -0.15) is 0 Å². The van der Waals surface area contributed by atoms with Gasteiger partial charge in [0.15, 0.2) is 0 Å². The Balaban J connectivity index is 1.69. The van der Waals surface area contributed by atoms with E-state index in [9.17, 15) is 4.79 Å². The molecule has 3 rings (SSSR count). The fourth-order valence-electron chi connectivity index (χ4n) is 3.47. The molecule has 0 N–H and O–H groups in total. The third-order valence-electron chi connectivity index (χ3n) is 4.79. The number of hydrogen-bond acceptors (Lipinski definition) is 4. The zero-order valence-corrected chi connectivity index (χ0v) is 14.9. The lowest BCUT2D eigenvalue weighted by atomic mass is 9.98. The first-order valence-corrected chi connectivity index (χ1v) is 8.76. The first-order valence-electron chi connectivity index (χ1n) is 8.76. The van der Waals surface area contributed by atoms with E-state index in [0.717, 1.165) is 48.6 Å². The summed E-state index contributed by atoms with van der Waals surface area (Å²) in [5, 5.41) is 0. The van der Waals surface area contributed by atoms with Gasteiger partial charge in [0.25, 0.3) is 0 Å². The molecule has 1 fully saturated rings. The fourth-order valence-corrected chi connectivity index (χ4v) is 3.47.